The quantitative estimate of drug-likeness (QED) is 0.887. The van der Waals surface area contributed by atoms with Crippen LogP contribution >= 0.6 is 0 Å². The van der Waals surface area contributed by atoms with Crippen LogP contribution in [0.25, 0.3) is 0 Å². The van der Waals surface area contributed by atoms with Crippen molar-refractivity contribution in [3.05, 3.63) is 23.3 Å². The van der Waals surface area contributed by atoms with E-state index in [1.807, 2.05) is 0 Å². The zero-order valence-corrected chi connectivity index (χ0v) is 12.5. The highest BCUT2D eigenvalue weighted by Crippen LogP contribution is 2.48. The maximum Gasteiger partial charge on any atom is 0.123 e. The minimum absolute atomic E-state index is 0.0914. The van der Waals surface area contributed by atoms with Crippen LogP contribution in [0.15, 0.2) is 12.1 Å². The highest BCUT2D eigenvalue weighted by molar-refractivity contribution is 5.52. The largest absolute Gasteiger partial charge is 0.496 e. The fourth-order valence-corrected chi connectivity index (χ4v) is 2.97. The molecule has 0 bridgehead atoms. The molecule has 0 spiro atoms. The van der Waals surface area contributed by atoms with Crippen molar-refractivity contribution in [3.63, 3.8) is 0 Å². The molecule has 0 heterocycles. The van der Waals surface area contributed by atoms with Gasteiger partial charge in [-0.3, -0.25) is 0 Å². The van der Waals surface area contributed by atoms with E-state index in [0.717, 1.165) is 24.3 Å². The van der Waals surface area contributed by atoms with E-state index >= 15 is 0 Å². The summed E-state index contributed by atoms with van der Waals surface area (Å²) in [6.07, 6.45) is 3.53. The zero-order chi connectivity index (χ0) is 14.0. The number of benzene rings is 1. The number of rotatable bonds is 5. The lowest BCUT2D eigenvalue weighted by Crippen LogP contribution is -2.41. The number of methoxy groups -OCH3 is 2. The van der Waals surface area contributed by atoms with Crippen molar-refractivity contribution in [2.75, 3.05) is 20.8 Å². The lowest BCUT2D eigenvalue weighted by atomic mass is 9.64. The lowest BCUT2D eigenvalue weighted by molar-refractivity contribution is 0.242. The summed E-state index contributed by atoms with van der Waals surface area (Å²) in [5, 5.41) is 0. The number of nitrogens with two attached hydrogens (primary N) is 1. The predicted octanol–water partition coefficient (Wildman–Crippen LogP) is 3.21. The molecule has 19 heavy (non-hydrogen) atoms. The Kier molecular flexibility index (Phi) is 4.04. The molecule has 0 unspecified atom stereocenters. The maximum atomic E-state index is 6.02. The molecule has 0 radical (unpaired) electrons. The molecule has 0 aliphatic heterocycles. The SMILES string of the molecule is COc1cc(C2(CN)CCC2)c(OC)cc1C(C)C. The monoisotopic (exact) mass is 263 g/mol. The van der Waals surface area contributed by atoms with E-state index in [1.54, 1.807) is 14.2 Å². The highest BCUT2D eigenvalue weighted by Gasteiger charge is 2.40. The van der Waals surface area contributed by atoms with Gasteiger partial charge in [-0.1, -0.05) is 20.3 Å². The van der Waals surface area contributed by atoms with E-state index in [-0.39, 0.29) is 5.41 Å². The number of hydrogen-bond donors (Lipinski definition) is 1. The van der Waals surface area contributed by atoms with Crippen LogP contribution in [0.3, 0.4) is 0 Å². The minimum Gasteiger partial charge on any atom is -0.496 e. The van der Waals surface area contributed by atoms with Gasteiger partial charge in [-0.2, -0.15) is 0 Å². The van der Waals surface area contributed by atoms with Crippen molar-refractivity contribution >= 4 is 0 Å². The second-order valence-corrected chi connectivity index (χ2v) is 5.79. The molecular weight excluding hydrogens is 238 g/mol. The van der Waals surface area contributed by atoms with Crippen LogP contribution in [0.5, 0.6) is 11.5 Å². The average Bonchev–Trinajstić information content (AvgIpc) is 2.37. The van der Waals surface area contributed by atoms with E-state index in [0.29, 0.717) is 12.5 Å². The van der Waals surface area contributed by atoms with Crippen molar-refractivity contribution < 1.29 is 9.47 Å². The maximum absolute atomic E-state index is 6.02. The first-order chi connectivity index (χ1) is 9.07. The molecule has 1 aliphatic rings. The summed E-state index contributed by atoms with van der Waals surface area (Å²) in [5.41, 5.74) is 8.51. The second kappa shape index (κ2) is 5.41. The van der Waals surface area contributed by atoms with E-state index in [2.05, 4.69) is 26.0 Å². The molecule has 1 fully saturated rings. The van der Waals surface area contributed by atoms with E-state index in [1.165, 1.54) is 17.5 Å². The minimum atomic E-state index is 0.0914. The van der Waals surface area contributed by atoms with Crippen molar-refractivity contribution in [3.8, 4) is 11.5 Å². The summed E-state index contributed by atoms with van der Waals surface area (Å²) in [5.74, 6) is 2.31. The van der Waals surface area contributed by atoms with Crippen LogP contribution in [-0.4, -0.2) is 20.8 Å². The summed E-state index contributed by atoms with van der Waals surface area (Å²) >= 11 is 0. The summed E-state index contributed by atoms with van der Waals surface area (Å²) in [6, 6.07) is 4.26. The smallest absolute Gasteiger partial charge is 0.123 e. The molecular formula is C16H25NO2. The Labute approximate surface area is 116 Å². The van der Waals surface area contributed by atoms with Gasteiger partial charge in [0.05, 0.1) is 14.2 Å². The van der Waals surface area contributed by atoms with Gasteiger partial charge in [-0.05, 0) is 30.9 Å². The fraction of sp³-hybridized carbons (Fsp3) is 0.625. The Morgan fingerprint density at radius 2 is 1.79 bits per heavy atom. The highest BCUT2D eigenvalue weighted by atomic mass is 16.5. The first-order valence-corrected chi connectivity index (χ1v) is 7.04. The molecule has 3 heteroatoms. The van der Waals surface area contributed by atoms with Crippen molar-refractivity contribution in [2.45, 2.75) is 44.4 Å². The summed E-state index contributed by atoms with van der Waals surface area (Å²) < 4.78 is 11.2. The standard InChI is InChI=1S/C16H25NO2/c1-11(2)12-8-15(19-4)13(9-14(12)18-3)16(10-17)6-5-7-16/h8-9,11H,5-7,10,17H2,1-4H3. The van der Waals surface area contributed by atoms with Gasteiger partial charge < -0.3 is 15.2 Å². The second-order valence-electron chi connectivity index (χ2n) is 5.79. The fourth-order valence-electron chi connectivity index (χ4n) is 2.97. The molecule has 1 aliphatic carbocycles. The van der Waals surface area contributed by atoms with Crippen LogP contribution in [0.4, 0.5) is 0 Å². The molecule has 1 aromatic carbocycles. The van der Waals surface area contributed by atoms with Crippen LogP contribution in [0.2, 0.25) is 0 Å². The van der Waals surface area contributed by atoms with Crippen LogP contribution in [0, 0.1) is 0 Å². The molecule has 1 saturated carbocycles. The van der Waals surface area contributed by atoms with Gasteiger partial charge >= 0.3 is 0 Å². The van der Waals surface area contributed by atoms with Gasteiger partial charge in [0.25, 0.3) is 0 Å². The first-order valence-electron chi connectivity index (χ1n) is 7.04. The predicted molar refractivity (Wildman–Crippen MR) is 78.2 cm³/mol. The third-order valence-corrected chi connectivity index (χ3v) is 4.45. The molecule has 2 N–H and O–H groups in total. The molecule has 1 aromatic rings. The van der Waals surface area contributed by atoms with Crippen LogP contribution in [0.1, 0.15) is 50.2 Å². The Balaban J connectivity index is 2.54. The van der Waals surface area contributed by atoms with Crippen molar-refractivity contribution in [1.82, 2.24) is 0 Å². The molecule has 2 rings (SSSR count). The number of ether oxygens (including phenoxy) is 2. The van der Waals surface area contributed by atoms with Crippen LogP contribution in [-0.2, 0) is 5.41 Å². The van der Waals surface area contributed by atoms with Gasteiger partial charge in [0, 0.05) is 23.1 Å². The Morgan fingerprint density at radius 1 is 1.16 bits per heavy atom. The van der Waals surface area contributed by atoms with E-state index in [9.17, 15) is 0 Å². The first kappa shape index (κ1) is 14.2. The van der Waals surface area contributed by atoms with Crippen molar-refractivity contribution in [1.29, 1.82) is 0 Å². The van der Waals surface area contributed by atoms with Gasteiger partial charge in [-0.25, -0.2) is 0 Å². The van der Waals surface area contributed by atoms with E-state index < -0.39 is 0 Å². The molecule has 0 saturated heterocycles. The Bertz CT molecular complexity index is 445. The Hall–Kier alpha value is -1.22. The topological polar surface area (TPSA) is 44.5 Å². The normalized spacial score (nSPS) is 17.2. The third-order valence-electron chi connectivity index (χ3n) is 4.45. The molecule has 106 valence electrons. The van der Waals surface area contributed by atoms with Gasteiger partial charge in [0.1, 0.15) is 11.5 Å². The van der Waals surface area contributed by atoms with Crippen molar-refractivity contribution in [2.24, 2.45) is 5.73 Å². The molecule has 0 atom stereocenters. The molecule has 3 nitrogen and oxygen atoms in total. The van der Waals surface area contributed by atoms with E-state index in [4.69, 9.17) is 15.2 Å². The molecule has 0 amide bonds. The Morgan fingerprint density at radius 3 is 2.16 bits per heavy atom. The summed E-state index contributed by atoms with van der Waals surface area (Å²) in [6.45, 7) is 5.01. The average molecular weight is 263 g/mol. The van der Waals surface area contributed by atoms with Gasteiger partial charge in [0.15, 0.2) is 0 Å². The van der Waals surface area contributed by atoms with Crippen LogP contribution < -0.4 is 15.2 Å². The lowest BCUT2D eigenvalue weighted by Gasteiger charge is -2.42. The zero-order valence-electron chi connectivity index (χ0n) is 12.5. The number of hydrogen-bond acceptors (Lipinski definition) is 3. The van der Waals surface area contributed by atoms with Gasteiger partial charge in [-0.15, -0.1) is 0 Å². The molecule has 0 aromatic heterocycles. The van der Waals surface area contributed by atoms with Gasteiger partial charge in [0.2, 0.25) is 0 Å². The summed E-state index contributed by atoms with van der Waals surface area (Å²) in [7, 11) is 3.46. The third kappa shape index (κ3) is 2.32. The summed E-state index contributed by atoms with van der Waals surface area (Å²) in [4.78, 5) is 0.